The van der Waals surface area contributed by atoms with Gasteiger partial charge in [-0.25, -0.2) is 13.8 Å². The molecule has 148 valence electrons. The summed E-state index contributed by atoms with van der Waals surface area (Å²) < 4.78 is 28.8. The summed E-state index contributed by atoms with van der Waals surface area (Å²) in [5.74, 6) is -1.89. The van der Waals surface area contributed by atoms with Gasteiger partial charge in [-0.15, -0.1) is 5.10 Å². The van der Waals surface area contributed by atoms with Crippen molar-refractivity contribution in [1.82, 2.24) is 14.6 Å². The highest BCUT2D eigenvalue weighted by atomic mass is 32.1. The number of carbonyl (C=O) groups is 1. The summed E-state index contributed by atoms with van der Waals surface area (Å²) in [7, 11) is 0. The third-order valence-electron chi connectivity index (χ3n) is 5.28. The molecule has 1 saturated heterocycles. The fourth-order valence-electron chi connectivity index (χ4n) is 3.86. The van der Waals surface area contributed by atoms with Gasteiger partial charge < -0.3 is 15.7 Å². The van der Waals surface area contributed by atoms with Gasteiger partial charge >= 0.3 is 0 Å². The lowest BCUT2D eigenvalue weighted by Crippen LogP contribution is -3.13. The van der Waals surface area contributed by atoms with E-state index in [1.807, 2.05) is 0 Å². The van der Waals surface area contributed by atoms with Crippen LogP contribution >= 0.6 is 11.3 Å². The molecule has 28 heavy (non-hydrogen) atoms. The minimum absolute atomic E-state index is 0.0557. The highest BCUT2D eigenvalue weighted by Crippen LogP contribution is 2.35. The highest BCUT2D eigenvalue weighted by molar-refractivity contribution is 7.17. The summed E-state index contributed by atoms with van der Waals surface area (Å²) in [6.07, 6.45) is 1.21. The van der Waals surface area contributed by atoms with Crippen molar-refractivity contribution in [2.24, 2.45) is 11.7 Å². The molecule has 0 unspecified atom stereocenters. The maximum Gasteiger partial charge on any atom is 0.235 e. The Bertz CT molecular complexity index is 1040. The van der Waals surface area contributed by atoms with E-state index < -0.39 is 17.7 Å². The fraction of sp³-hybridized carbons (Fsp3) is 0.389. The molecule has 1 fully saturated rings. The molecule has 4 N–H and O–H groups in total. The van der Waals surface area contributed by atoms with E-state index in [0.29, 0.717) is 47.2 Å². The Labute approximate surface area is 163 Å². The molecular formula is C18H20F2N5O2S+. The zero-order valence-electron chi connectivity index (χ0n) is 15.2. The van der Waals surface area contributed by atoms with Crippen LogP contribution in [0.3, 0.4) is 0 Å². The normalized spacial score (nSPS) is 21.1. The number of halogens is 2. The van der Waals surface area contributed by atoms with Crippen LogP contribution in [-0.4, -0.2) is 38.7 Å². The number of nitrogens with zero attached hydrogens (tertiary/aromatic N) is 3. The van der Waals surface area contributed by atoms with E-state index in [4.69, 9.17) is 5.73 Å². The zero-order valence-corrected chi connectivity index (χ0v) is 16.0. The molecule has 0 aliphatic carbocycles. The second kappa shape index (κ2) is 7.10. The van der Waals surface area contributed by atoms with E-state index in [1.54, 1.807) is 6.92 Å². The smallest absolute Gasteiger partial charge is 0.235 e. The van der Waals surface area contributed by atoms with Crippen molar-refractivity contribution in [1.29, 1.82) is 0 Å². The van der Waals surface area contributed by atoms with Crippen LogP contribution in [0.2, 0.25) is 0 Å². The topological polar surface area (TPSA) is 98.0 Å². The van der Waals surface area contributed by atoms with Crippen LogP contribution in [0.15, 0.2) is 18.2 Å². The minimum atomic E-state index is -0.941. The number of thiazole rings is 1. The van der Waals surface area contributed by atoms with E-state index in [2.05, 4.69) is 10.1 Å². The number of hydrogen-bond donors (Lipinski definition) is 3. The average molecular weight is 408 g/mol. The van der Waals surface area contributed by atoms with Crippen molar-refractivity contribution in [2.45, 2.75) is 25.8 Å². The summed E-state index contributed by atoms with van der Waals surface area (Å²) in [5, 5.41) is 14.9. The number of hydrogen-bond acceptors (Lipinski definition) is 5. The van der Waals surface area contributed by atoms with Crippen LogP contribution in [0.5, 0.6) is 5.88 Å². The van der Waals surface area contributed by atoms with Gasteiger partial charge in [0.25, 0.3) is 0 Å². The van der Waals surface area contributed by atoms with Gasteiger partial charge in [-0.2, -0.15) is 4.52 Å². The molecule has 1 aromatic carbocycles. The molecule has 7 nitrogen and oxygen atoms in total. The first-order chi connectivity index (χ1) is 13.3. The summed E-state index contributed by atoms with van der Waals surface area (Å²) in [4.78, 5) is 17.9. The second-order valence-corrected chi connectivity index (χ2v) is 8.09. The number of piperidine rings is 1. The van der Waals surface area contributed by atoms with Gasteiger partial charge in [0.05, 0.1) is 13.1 Å². The molecule has 0 spiro atoms. The Kier molecular flexibility index (Phi) is 4.76. The number of fused-ring (bicyclic) bond motifs is 1. The number of aromatic hydroxyl groups is 1. The minimum Gasteiger partial charge on any atom is -0.492 e. The molecular weight excluding hydrogens is 388 g/mol. The van der Waals surface area contributed by atoms with E-state index in [9.17, 15) is 18.7 Å². The fourth-order valence-corrected chi connectivity index (χ4v) is 5.05. The van der Waals surface area contributed by atoms with Crippen LogP contribution in [0.1, 0.15) is 35.1 Å². The lowest BCUT2D eigenvalue weighted by atomic mass is 9.93. The molecule has 4 rings (SSSR count). The van der Waals surface area contributed by atoms with Crippen molar-refractivity contribution in [3.63, 3.8) is 0 Å². The number of nitrogens with two attached hydrogens (primary N) is 1. The van der Waals surface area contributed by atoms with E-state index in [-0.39, 0.29) is 17.7 Å². The molecule has 1 aliphatic rings. The third-order valence-corrected chi connectivity index (χ3v) is 6.37. The molecule has 3 aromatic rings. The standard InChI is InChI=1S/C18H19F2N5O2S/c1-9-22-18-25(23-9)17(27)15(28-18)14(11-2-3-12(19)13(20)8-11)24-6-4-10(5-7-24)16(21)26/h2-3,8,10,14,27H,4-7H2,1H3,(H2,21,26)/p+1/t14-/m1/s1. The van der Waals surface area contributed by atoms with E-state index >= 15 is 0 Å². The van der Waals surface area contributed by atoms with Crippen LogP contribution in [-0.2, 0) is 4.79 Å². The van der Waals surface area contributed by atoms with Crippen molar-refractivity contribution in [2.75, 3.05) is 13.1 Å². The first kappa shape index (κ1) is 18.8. The Morgan fingerprint density at radius 3 is 2.68 bits per heavy atom. The lowest BCUT2D eigenvalue weighted by Gasteiger charge is -2.33. The molecule has 1 aliphatic heterocycles. The van der Waals surface area contributed by atoms with Gasteiger partial charge in [0.1, 0.15) is 10.7 Å². The van der Waals surface area contributed by atoms with Gasteiger partial charge in [0, 0.05) is 24.3 Å². The third kappa shape index (κ3) is 3.22. The number of likely N-dealkylation sites (tertiary alicyclic amines) is 1. The maximum absolute atomic E-state index is 14.0. The first-order valence-corrected chi connectivity index (χ1v) is 9.80. The monoisotopic (exact) mass is 408 g/mol. The number of primary amides is 1. The molecule has 1 amide bonds. The van der Waals surface area contributed by atoms with Crippen LogP contribution in [0.4, 0.5) is 8.78 Å². The maximum atomic E-state index is 14.0. The number of aryl methyl sites for hydroxylation is 1. The van der Waals surface area contributed by atoms with Gasteiger partial charge in [-0.05, 0) is 25.1 Å². The number of amides is 1. The van der Waals surface area contributed by atoms with Crippen molar-refractivity contribution in [3.8, 4) is 5.88 Å². The molecule has 0 bridgehead atoms. The highest BCUT2D eigenvalue weighted by Gasteiger charge is 2.36. The molecule has 0 radical (unpaired) electrons. The van der Waals surface area contributed by atoms with E-state index in [0.717, 1.165) is 17.0 Å². The SMILES string of the molecule is Cc1nc2sc([C@@H](c3ccc(F)c(F)c3)[NH+]3CCC(C(N)=O)CC3)c(O)n2n1. The number of benzene rings is 1. The van der Waals surface area contributed by atoms with Crippen molar-refractivity contribution < 1.29 is 23.6 Å². The van der Waals surface area contributed by atoms with Crippen molar-refractivity contribution >= 4 is 22.2 Å². The molecule has 2 aromatic heterocycles. The summed E-state index contributed by atoms with van der Waals surface area (Å²) in [5.41, 5.74) is 5.97. The molecule has 3 heterocycles. The van der Waals surface area contributed by atoms with Crippen LogP contribution in [0, 0.1) is 24.5 Å². The van der Waals surface area contributed by atoms with Crippen LogP contribution < -0.4 is 10.6 Å². The van der Waals surface area contributed by atoms with E-state index in [1.165, 1.54) is 21.9 Å². The lowest BCUT2D eigenvalue weighted by molar-refractivity contribution is -0.930. The van der Waals surface area contributed by atoms with Gasteiger partial charge in [-0.1, -0.05) is 11.3 Å². The van der Waals surface area contributed by atoms with Gasteiger partial charge in [0.2, 0.25) is 16.7 Å². The first-order valence-electron chi connectivity index (χ1n) is 8.99. The second-order valence-electron chi connectivity index (χ2n) is 7.08. The van der Waals surface area contributed by atoms with Crippen molar-refractivity contribution in [3.05, 3.63) is 46.1 Å². The number of rotatable bonds is 4. The van der Waals surface area contributed by atoms with Gasteiger partial charge in [0.15, 0.2) is 17.7 Å². The molecule has 0 saturated carbocycles. The summed E-state index contributed by atoms with van der Waals surface area (Å²) >= 11 is 1.27. The Morgan fingerprint density at radius 1 is 1.36 bits per heavy atom. The Balaban J connectivity index is 1.76. The number of nitrogens with one attached hydrogen (secondary N) is 1. The number of carbonyl (C=O) groups excluding carboxylic acids is 1. The largest absolute Gasteiger partial charge is 0.492 e. The number of quaternary nitrogens is 1. The Hall–Kier alpha value is -2.59. The molecule has 1 atom stereocenters. The summed E-state index contributed by atoms with van der Waals surface area (Å²) in [6, 6.07) is 3.34. The number of aromatic nitrogens is 3. The predicted molar refractivity (Wildman–Crippen MR) is 98.1 cm³/mol. The predicted octanol–water partition coefficient (Wildman–Crippen LogP) is 0.953. The zero-order chi connectivity index (χ0) is 20.0. The summed E-state index contributed by atoms with van der Waals surface area (Å²) in [6.45, 7) is 2.96. The Morgan fingerprint density at radius 2 is 2.07 bits per heavy atom. The van der Waals surface area contributed by atoms with Crippen LogP contribution in [0.25, 0.3) is 4.96 Å². The molecule has 10 heteroatoms. The average Bonchev–Trinajstić information content (AvgIpc) is 3.16. The quantitative estimate of drug-likeness (QED) is 0.599. The van der Waals surface area contributed by atoms with Gasteiger partial charge in [-0.3, -0.25) is 4.79 Å².